The predicted molar refractivity (Wildman–Crippen MR) is 65.3 cm³/mol. The number of rotatable bonds is 2. The summed E-state index contributed by atoms with van der Waals surface area (Å²) in [5.74, 6) is -2.76. The average molecular weight is 264 g/mol. The molecule has 4 nitrogen and oxygen atoms in total. The van der Waals surface area contributed by atoms with Gasteiger partial charge in [-0.1, -0.05) is 6.07 Å². The number of pyridine rings is 1. The van der Waals surface area contributed by atoms with E-state index in [1.165, 1.54) is 31.4 Å². The lowest BCUT2D eigenvalue weighted by atomic mass is 10.1. The molecule has 0 saturated heterocycles. The molecule has 0 amide bonds. The number of halogens is 2. The Balaban J connectivity index is 2.61. The molecule has 0 spiro atoms. The summed E-state index contributed by atoms with van der Waals surface area (Å²) in [5, 5.41) is 0. The van der Waals surface area contributed by atoms with Gasteiger partial charge in [-0.15, -0.1) is 0 Å². The van der Waals surface area contributed by atoms with E-state index in [0.29, 0.717) is 0 Å². The van der Waals surface area contributed by atoms with Crippen molar-refractivity contribution in [3.05, 3.63) is 47.7 Å². The third-order valence-corrected chi connectivity index (χ3v) is 2.53. The molecule has 1 aromatic carbocycles. The van der Waals surface area contributed by atoms with Gasteiger partial charge >= 0.3 is 5.97 Å². The Morgan fingerprint density at radius 2 is 2.00 bits per heavy atom. The second kappa shape index (κ2) is 5.01. The Bertz CT molecular complexity index is 645. The molecule has 19 heavy (non-hydrogen) atoms. The van der Waals surface area contributed by atoms with E-state index < -0.39 is 17.6 Å². The third-order valence-electron chi connectivity index (χ3n) is 2.53. The SMILES string of the molecule is COC(=O)c1ccc(N)c(-c2cccc(F)c2F)n1. The largest absolute Gasteiger partial charge is 0.464 e. The summed E-state index contributed by atoms with van der Waals surface area (Å²) in [6.07, 6.45) is 0. The van der Waals surface area contributed by atoms with Crippen molar-refractivity contribution in [3.8, 4) is 11.3 Å². The lowest BCUT2D eigenvalue weighted by Crippen LogP contribution is -2.07. The average Bonchev–Trinajstić information content (AvgIpc) is 2.42. The first kappa shape index (κ1) is 12.9. The van der Waals surface area contributed by atoms with Crippen LogP contribution in [0, 0.1) is 11.6 Å². The highest BCUT2D eigenvalue weighted by atomic mass is 19.2. The highest BCUT2D eigenvalue weighted by Gasteiger charge is 2.16. The molecule has 0 unspecified atom stereocenters. The molecular formula is C13H10F2N2O2. The van der Waals surface area contributed by atoms with Gasteiger partial charge in [-0.2, -0.15) is 0 Å². The van der Waals surface area contributed by atoms with E-state index in [-0.39, 0.29) is 22.6 Å². The van der Waals surface area contributed by atoms with Gasteiger partial charge in [0.15, 0.2) is 11.6 Å². The van der Waals surface area contributed by atoms with Gasteiger partial charge in [-0.3, -0.25) is 0 Å². The van der Waals surface area contributed by atoms with Crippen LogP contribution in [0.5, 0.6) is 0 Å². The minimum Gasteiger partial charge on any atom is -0.464 e. The lowest BCUT2D eigenvalue weighted by molar-refractivity contribution is 0.0594. The molecule has 98 valence electrons. The molecule has 0 atom stereocenters. The van der Waals surface area contributed by atoms with Crippen LogP contribution in [0.25, 0.3) is 11.3 Å². The molecule has 0 radical (unpaired) electrons. The summed E-state index contributed by atoms with van der Waals surface area (Å²) in [5.41, 5.74) is 5.67. The van der Waals surface area contributed by atoms with E-state index in [0.717, 1.165) is 6.07 Å². The van der Waals surface area contributed by atoms with E-state index in [4.69, 9.17) is 5.73 Å². The van der Waals surface area contributed by atoms with Gasteiger partial charge in [0.05, 0.1) is 18.5 Å². The van der Waals surface area contributed by atoms with E-state index in [9.17, 15) is 13.6 Å². The summed E-state index contributed by atoms with van der Waals surface area (Å²) in [6.45, 7) is 0. The highest BCUT2D eigenvalue weighted by molar-refractivity contribution is 5.89. The van der Waals surface area contributed by atoms with Crippen LogP contribution in [-0.2, 0) is 4.74 Å². The minimum atomic E-state index is -1.07. The molecule has 0 aliphatic carbocycles. The van der Waals surface area contributed by atoms with Gasteiger partial charge in [0.1, 0.15) is 5.69 Å². The second-order valence-electron chi connectivity index (χ2n) is 3.73. The highest BCUT2D eigenvalue weighted by Crippen LogP contribution is 2.27. The standard InChI is InChI=1S/C13H10F2N2O2/c1-19-13(18)10-6-5-9(16)12(17-10)7-3-2-4-8(14)11(7)15/h2-6H,16H2,1H3. The van der Waals surface area contributed by atoms with Crippen molar-refractivity contribution in [1.82, 2.24) is 4.98 Å². The molecule has 0 saturated carbocycles. The zero-order valence-corrected chi connectivity index (χ0v) is 9.98. The van der Waals surface area contributed by atoms with Gasteiger partial charge in [0, 0.05) is 5.56 Å². The number of nitrogens with two attached hydrogens (primary N) is 1. The molecule has 1 aromatic heterocycles. The van der Waals surface area contributed by atoms with Crippen molar-refractivity contribution in [2.24, 2.45) is 0 Å². The lowest BCUT2D eigenvalue weighted by Gasteiger charge is -2.08. The topological polar surface area (TPSA) is 65.2 Å². The van der Waals surface area contributed by atoms with E-state index in [1.807, 2.05) is 0 Å². The zero-order chi connectivity index (χ0) is 14.0. The Labute approximate surface area is 107 Å². The molecular weight excluding hydrogens is 254 g/mol. The number of esters is 1. The number of carbonyl (C=O) groups excluding carboxylic acids is 1. The van der Waals surface area contributed by atoms with Crippen molar-refractivity contribution < 1.29 is 18.3 Å². The van der Waals surface area contributed by atoms with Gasteiger partial charge in [-0.05, 0) is 24.3 Å². The molecule has 0 aliphatic rings. The van der Waals surface area contributed by atoms with Crippen LogP contribution in [0.15, 0.2) is 30.3 Å². The number of carbonyl (C=O) groups is 1. The number of benzene rings is 1. The Hall–Kier alpha value is -2.50. The van der Waals surface area contributed by atoms with Crippen LogP contribution in [0.4, 0.5) is 14.5 Å². The fourth-order valence-electron chi connectivity index (χ4n) is 1.59. The minimum absolute atomic E-state index is 0.0000926. The van der Waals surface area contributed by atoms with Gasteiger partial charge in [-0.25, -0.2) is 18.6 Å². The van der Waals surface area contributed by atoms with Crippen LogP contribution in [0.1, 0.15) is 10.5 Å². The van der Waals surface area contributed by atoms with Crippen molar-refractivity contribution in [1.29, 1.82) is 0 Å². The van der Waals surface area contributed by atoms with Crippen LogP contribution >= 0.6 is 0 Å². The number of nitrogen functional groups attached to an aromatic ring is 1. The number of hydrogen-bond acceptors (Lipinski definition) is 4. The molecule has 2 N–H and O–H groups in total. The Morgan fingerprint density at radius 1 is 1.26 bits per heavy atom. The quantitative estimate of drug-likeness (QED) is 0.846. The monoisotopic (exact) mass is 264 g/mol. The van der Waals surface area contributed by atoms with Gasteiger partial charge in [0.2, 0.25) is 0 Å². The first-order valence-corrected chi connectivity index (χ1v) is 5.34. The fraction of sp³-hybridized carbons (Fsp3) is 0.0769. The summed E-state index contributed by atoms with van der Waals surface area (Å²) in [7, 11) is 1.20. The second-order valence-corrected chi connectivity index (χ2v) is 3.73. The maximum absolute atomic E-state index is 13.7. The Morgan fingerprint density at radius 3 is 2.68 bits per heavy atom. The number of anilines is 1. The number of ether oxygens (including phenoxy) is 1. The first-order chi connectivity index (χ1) is 9.04. The maximum atomic E-state index is 13.7. The summed E-state index contributed by atoms with van der Waals surface area (Å²) in [6, 6.07) is 6.39. The van der Waals surface area contributed by atoms with Crippen LogP contribution in [-0.4, -0.2) is 18.1 Å². The smallest absolute Gasteiger partial charge is 0.356 e. The van der Waals surface area contributed by atoms with Crippen molar-refractivity contribution in [2.45, 2.75) is 0 Å². The van der Waals surface area contributed by atoms with Crippen LogP contribution in [0.3, 0.4) is 0 Å². The molecule has 0 bridgehead atoms. The number of nitrogens with zero attached hydrogens (tertiary/aromatic N) is 1. The maximum Gasteiger partial charge on any atom is 0.356 e. The molecule has 0 fully saturated rings. The van der Waals surface area contributed by atoms with E-state index in [1.54, 1.807) is 0 Å². The Kier molecular flexibility index (Phi) is 3.41. The number of hydrogen-bond donors (Lipinski definition) is 1. The number of aromatic nitrogens is 1. The van der Waals surface area contributed by atoms with Gasteiger partial charge < -0.3 is 10.5 Å². The van der Waals surface area contributed by atoms with Crippen LogP contribution in [0.2, 0.25) is 0 Å². The summed E-state index contributed by atoms with van der Waals surface area (Å²) in [4.78, 5) is 15.3. The first-order valence-electron chi connectivity index (χ1n) is 5.34. The van der Waals surface area contributed by atoms with E-state index in [2.05, 4.69) is 9.72 Å². The molecule has 0 aliphatic heterocycles. The van der Waals surface area contributed by atoms with Crippen molar-refractivity contribution in [3.63, 3.8) is 0 Å². The summed E-state index contributed by atoms with van der Waals surface area (Å²) >= 11 is 0. The van der Waals surface area contributed by atoms with Crippen molar-refractivity contribution in [2.75, 3.05) is 12.8 Å². The molecule has 2 rings (SSSR count). The predicted octanol–water partition coefficient (Wildman–Crippen LogP) is 2.40. The van der Waals surface area contributed by atoms with E-state index >= 15 is 0 Å². The third kappa shape index (κ3) is 2.37. The summed E-state index contributed by atoms with van der Waals surface area (Å²) < 4.78 is 31.4. The normalized spacial score (nSPS) is 10.3. The molecule has 1 heterocycles. The number of methoxy groups -OCH3 is 1. The molecule has 6 heteroatoms. The van der Waals surface area contributed by atoms with Gasteiger partial charge in [0.25, 0.3) is 0 Å². The zero-order valence-electron chi connectivity index (χ0n) is 9.98. The van der Waals surface area contributed by atoms with Crippen LogP contribution < -0.4 is 5.73 Å². The fourth-order valence-corrected chi connectivity index (χ4v) is 1.59. The van der Waals surface area contributed by atoms with Crippen molar-refractivity contribution >= 4 is 11.7 Å². The molecule has 2 aromatic rings.